The van der Waals surface area contributed by atoms with Gasteiger partial charge in [-0.1, -0.05) is 6.07 Å². The van der Waals surface area contributed by atoms with E-state index in [-0.39, 0.29) is 11.6 Å². The highest BCUT2D eigenvalue weighted by Gasteiger charge is 2.06. The Morgan fingerprint density at radius 3 is 2.75 bits per heavy atom. The lowest BCUT2D eigenvalue weighted by Gasteiger charge is -2.07. The predicted octanol–water partition coefficient (Wildman–Crippen LogP) is 0.928. The van der Waals surface area contributed by atoms with Crippen molar-refractivity contribution in [3.63, 3.8) is 0 Å². The first-order valence-electron chi connectivity index (χ1n) is 6.24. The van der Waals surface area contributed by atoms with Crippen LogP contribution in [0, 0.1) is 0 Å². The summed E-state index contributed by atoms with van der Waals surface area (Å²) in [4.78, 5) is 23.7. The number of nitrogens with one attached hydrogen (secondary N) is 1. The first-order valence-corrected chi connectivity index (χ1v) is 6.24. The Kier molecular flexibility index (Phi) is 6.15. The second kappa shape index (κ2) is 7.88. The lowest BCUT2D eigenvalue weighted by molar-refractivity contribution is 0.0950. The number of aromatic nitrogens is 1. The first-order chi connectivity index (χ1) is 9.52. The molecule has 0 unspecified atom stereocenters. The summed E-state index contributed by atoms with van der Waals surface area (Å²) in [5.74, 6) is 0.105. The molecule has 1 heterocycles. The molecule has 0 aliphatic heterocycles. The summed E-state index contributed by atoms with van der Waals surface area (Å²) in [5.41, 5.74) is 2.69. The quantitative estimate of drug-likeness (QED) is 0.476. The fourth-order valence-electron chi connectivity index (χ4n) is 1.12. The monoisotopic (exact) mass is 276 g/mol. The third kappa shape index (κ3) is 5.47. The van der Waals surface area contributed by atoms with E-state index in [0.717, 1.165) is 6.54 Å². The van der Waals surface area contributed by atoms with Crippen LogP contribution < -0.4 is 5.43 Å². The molecule has 1 amide bonds. The number of pyridine rings is 1. The fraction of sp³-hybridized carbons (Fsp3) is 0.385. The van der Waals surface area contributed by atoms with Gasteiger partial charge in [0.15, 0.2) is 5.82 Å². The van der Waals surface area contributed by atoms with Crippen molar-refractivity contribution in [1.82, 2.24) is 20.2 Å². The maximum absolute atomic E-state index is 11.8. The number of aliphatic imine (C=N–C) groups is 1. The number of rotatable bonds is 6. The van der Waals surface area contributed by atoms with Crippen molar-refractivity contribution in [2.75, 3.05) is 27.7 Å². The zero-order valence-electron chi connectivity index (χ0n) is 12.2. The third-order valence-electron chi connectivity index (χ3n) is 2.31. The van der Waals surface area contributed by atoms with Gasteiger partial charge in [-0.25, -0.2) is 15.4 Å². The van der Waals surface area contributed by atoms with Crippen LogP contribution >= 0.6 is 0 Å². The molecule has 1 rings (SSSR count). The van der Waals surface area contributed by atoms with Crippen LogP contribution in [0.25, 0.3) is 0 Å². The zero-order valence-corrected chi connectivity index (χ0v) is 12.2. The van der Waals surface area contributed by atoms with Gasteiger partial charge in [0.2, 0.25) is 0 Å². The molecule has 0 radical (unpaired) electrons. The molecule has 20 heavy (non-hydrogen) atoms. The normalized spacial score (nSPS) is 11.0. The van der Waals surface area contributed by atoms with Crippen LogP contribution in [0.5, 0.6) is 0 Å². The lowest BCUT2D eigenvalue weighted by Crippen LogP contribution is -2.22. The molecule has 7 nitrogen and oxygen atoms in total. The van der Waals surface area contributed by atoms with Gasteiger partial charge in [0.05, 0.1) is 6.34 Å². The van der Waals surface area contributed by atoms with Gasteiger partial charge < -0.3 is 9.80 Å². The van der Waals surface area contributed by atoms with Crippen molar-refractivity contribution in [3.8, 4) is 0 Å². The molecular formula is C13H20N6O. The molecule has 108 valence electrons. The average Bonchev–Trinajstić information content (AvgIpc) is 2.45. The molecule has 0 spiro atoms. The van der Waals surface area contributed by atoms with E-state index >= 15 is 0 Å². The summed E-state index contributed by atoms with van der Waals surface area (Å²) in [6.07, 6.45) is 3.17. The SMILES string of the molecule is CCN(C)/C=N/NC(=O)c1cccc(/N=C/N(C)C)n1. The van der Waals surface area contributed by atoms with Gasteiger partial charge in [-0.2, -0.15) is 5.10 Å². The zero-order chi connectivity index (χ0) is 15.0. The van der Waals surface area contributed by atoms with E-state index in [1.807, 2.05) is 33.0 Å². The Balaban J connectivity index is 2.69. The summed E-state index contributed by atoms with van der Waals surface area (Å²) >= 11 is 0. The molecule has 0 atom stereocenters. The molecule has 0 aliphatic rings. The number of hydrogen-bond acceptors (Lipinski definition) is 4. The second-order valence-electron chi connectivity index (χ2n) is 4.35. The van der Waals surface area contributed by atoms with Crippen LogP contribution in [0.15, 0.2) is 28.3 Å². The highest BCUT2D eigenvalue weighted by molar-refractivity contribution is 5.92. The van der Waals surface area contributed by atoms with Crippen LogP contribution in [0.4, 0.5) is 5.82 Å². The molecule has 0 bridgehead atoms. The Morgan fingerprint density at radius 1 is 1.35 bits per heavy atom. The molecule has 0 aromatic carbocycles. The van der Waals surface area contributed by atoms with Gasteiger partial charge in [0, 0.05) is 27.7 Å². The summed E-state index contributed by atoms with van der Waals surface area (Å²) in [6.45, 7) is 2.80. The molecule has 1 aromatic rings. The van der Waals surface area contributed by atoms with Crippen molar-refractivity contribution in [1.29, 1.82) is 0 Å². The molecule has 1 N–H and O–H groups in total. The molecule has 1 aromatic heterocycles. The number of hydrogen-bond donors (Lipinski definition) is 1. The molecule has 7 heteroatoms. The lowest BCUT2D eigenvalue weighted by atomic mass is 10.3. The van der Waals surface area contributed by atoms with Crippen LogP contribution in [0.2, 0.25) is 0 Å². The van der Waals surface area contributed by atoms with Crippen LogP contribution in [0.1, 0.15) is 17.4 Å². The van der Waals surface area contributed by atoms with Gasteiger partial charge >= 0.3 is 0 Å². The maximum atomic E-state index is 11.8. The summed E-state index contributed by atoms with van der Waals surface area (Å²) < 4.78 is 0. The summed E-state index contributed by atoms with van der Waals surface area (Å²) in [7, 11) is 5.59. The van der Waals surface area contributed by atoms with Crippen molar-refractivity contribution in [2.24, 2.45) is 10.1 Å². The van der Waals surface area contributed by atoms with E-state index in [1.54, 1.807) is 35.8 Å². The van der Waals surface area contributed by atoms with Crippen molar-refractivity contribution < 1.29 is 4.79 Å². The molecule has 0 saturated heterocycles. The van der Waals surface area contributed by atoms with E-state index in [4.69, 9.17) is 0 Å². The number of hydrazone groups is 1. The molecule has 0 aliphatic carbocycles. The average molecular weight is 276 g/mol. The Morgan fingerprint density at radius 2 is 2.10 bits per heavy atom. The predicted molar refractivity (Wildman–Crippen MR) is 80.3 cm³/mol. The van der Waals surface area contributed by atoms with E-state index in [9.17, 15) is 4.79 Å². The van der Waals surface area contributed by atoms with E-state index < -0.39 is 0 Å². The highest BCUT2D eigenvalue weighted by atomic mass is 16.2. The Hall–Kier alpha value is -2.44. The largest absolute Gasteiger partial charge is 0.369 e. The van der Waals surface area contributed by atoms with Gasteiger partial charge in [-0.3, -0.25) is 4.79 Å². The number of carbonyl (C=O) groups is 1. The van der Waals surface area contributed by atoms with Crippen molar-refractivity contribution in [3.05, 3.63) is 23.9 Å². The standard InChI is InChI=1S/C13H20N6O/c1-5-19(4)10-15-17-13(20)11-7-6-8-12(16-11)14-9-18(2)3/h6-10H,5H2,1-4H3,(H,17,20)/b14-9+,15-10+. The minimum Gasteiger partial charge on any atom is -0.369 e. The van der Waals surface area contributed by atoms with Gasteiger partial charge in [0.25, 0.3) is 5.91 Å². The van der Waals surface area contributed by atoms with Gasteiger partial charge in [0.1, 0.15) is 12.0 Å². The highest BCUT2D eigenvalue weighted by Crippen LogP contribution is 2.07. The molecule has 0 saturated carbocycles. The Labute approximate surface area is 119 Å². The molecular weight excluding hydrogens is 256 g/mol. The van der Waals surface area contributed by atoms with Gasteiger partial charge in [-0.05, 0) is 19.1 Å². The maximum Gasteiger partial charge on any atom is 0.290 e. The van der Waals surface area contributed by atoms with E-state index in [0.29, 0.717) is 5.82 Å². The smallest absolute Gasteiger partial charge is 0.290 e. The van der Waals surface area contributed by atoms with Crippen LogP contribution in [-0.4, -0.2) is 61.1 Å². The third-order valence-corrected chi connectivity index (χ3v) is 2.31. The van der Waals surface area contributed by atoms with Crippen LogP contribution in [0.3, 0.4) is 0 Å². The fourth-order valence-corrected chi connectivity index (χ4v) is 1.12. The van der Waals surface area contributed by atoms with E-state index in [2.05, 4.69) is 20.5 Å². The number of carbonyl (C=O) groups excluding carboxylic acids is 1. The number of nitrogens with zero attached hydrogens (tertiary/aromatic N) is 5. The Bertz CT molecular complexity index is 497. The first kappa shape index (κ1) is 15.6. The minimum atomic E-state index is -0.368. The van der Waals surface area contributed by atoms with Crippen LogP contribution in [-0.2, 0) is 0 Å². The summed E-state index contributed by atoms with van der Waals surface area (Å²) in [5, 5.41) is 3.84. The van der Waals surface area contributed by atoms with Crippen molar-refractivity contribution in [2.45, 2.75) is 6.92 Å². The number of amides is 1. The summed E-state index contributed by atoms with van der Waals surface area (Å²) in [6, 6.07) is 5.07. The minimum absolute atomic E-state index is 0.273. The topological polar surface area (TPSA) is 73.2 Å². The molecule has 0 fully saturated rings. The van der Waals surface area contributed by atoms with E-state index in [1.165, 1.54) is 0 Å². The van der Waals surface area contributed by atoms with Crippen molar-refractivity contribution >= 4 is 24.4 Å². The second-order valence-corrected chi connectivity index (χ2v) is 4.35. The van der Waals surface area contributed by atoms with Gasteiger partial charge in [-0.15, -0.1) is 0 Å².